The van der Waals surface area contributed by atoms with Crippen molar-refractivity contribution in [2.75, 3.05) is 0 Å². The van der Waals surface area contributed by atoms with Crippen LogP contribution in [0.4, 0.5) is 0 Å². The lowest BCUT2D eigenvalue weighted by Crippen LogP contribution is -2.17. The molecule has 0 fully saturated rings. The number of fused-ring (bicyclic) bond motifs is 1. The van der Waals surface area contributed by atoms with Crippen LogP contribution in [0.2, 0.25) is 0 Å². The number of carbonyl (C=O) groups is 1. The Morgan fingerprint density at radius 3 is 2.69 bits per heavy atom. The largest absolute Gasteiger partial charge is 0.507 e. The van der Waals surface area contributed by atoms with E-state index in [1.807, 2.05) is 0 Å². The van der Waals surface area contributed by atoms with E-state index in [0.717, 1.165) is 0 Å². The zero-order chi connectivity index (χ0) is 18.8. The van der Waals surface area contributed by atoms with Crippen LogP contribution in [0, 0.1) is 6.92 Å². The molecule has 0 bridgehead atoms. The molecule has 26 heavy (non-hydrogen) atoms. The summed E-state index contributed by atoms with van der Waals surface area (Å²) in [7, 11) is 0. The van der Waals surface area contributed by atoms with Crippen molar-refractivity contribution in [1.82, 2.24) is 5.43 Å². The van der Waals surface area contributed by atoms with Crippen LogP contribution in [-0.2, 0) is 0 Å². The number of phenols is 2. The van der Waals surface area contributed by atoms with E-state index in [0.29, 0.717) is 15.4 Å². The second kappa shape index (κ2) is 7.01. The minimum Gasteiger partial charge on any atom is -0.507 e. The van der Waals surface area contributed by atoms with Gasteiger partial charge in [-0.1, -0.05) is 15.9 Å². The Labute approximate surface area is 155 Å². The molecule has 3 aromatic rings. The Hall–Kier alpha value is -3.13. The number of aromatic hydroxyl groups is 2. The highest BCUT2D eigenvalue weighted by Gasteiger charge is 2.12. The van der Waals surface area contributed by atoms with Crippen molar-refractivity contribution in [2.45, 2.75) is 6.92 Å². The molecule has 1 heterocycles. The molecule has 0 aliphatic rings. The molecule has 8 heteroatoms. The summed E-state index contributed by atoms with van der Waals surface area (Å²) < 4.78 is 5.79. The highest BCUT2D eigenvalue weighted by Crippen LogP contribution is 2.26. The van der Waals surface area contributed by atoms with Crippen molar-refractivity contribution in [2.24, 2.45) is 5.10 Å². The van der Waals surface area contributed by atoms with Crippen LogP contribution in [0.1, 0.15) is 21.5 Å². The zero-order valence-corrected chi connectivity index (χ0v) is 15.1. The Morgan fingerprint density at radius 1 is 1.19 bits per heavy atom. The number of halogens is 1. The number of amides is 1. The van der Waals surface area contributed by atoms with Crippen LogP contribution in [0.5, 0.6) is 11.5 Å². The minimum absolute atomic E-state index is 0.0369. The van der Waals surface area contributed by atoms with E-state index in [-0.39, 0.29) is 28.2 Å². The lowest BCUT2D eigenvalue weighted by molar-refractivity contribution is 0.0952. The minimum atomic E-state index is -0.636. The number of hydrogen-bond donors (Lipinski definition) is 3. The fourth-order valence-corrected chi connectivity index (χ4v) is 2.78. The average molecular weight is 417 g/mol. The summed E-state index contributed by atoms with van der Waals surface area (Å²) in [5.74, 6) is -0.999. The molecule has 0 aliphatic heterocycles. The molecule has 3 N–H and O–H groups in total. The summed E-state index contributed by atoms with van der Waals surface area (Å²) in [5, 5.41) is 24.3. The number of rotatable bonds is 3. The number of hydrazone groups is 1. The van der Waals surface area contributed by atoms with Gasteiger partial charge in [-0.05, 0) is 42.8 Å². The van der Waals surface area contributed by atoms with Gasteiger partial charge in [-0.25, -0.2) is 10.2 Å². The lowest BCUT2D eigenvalue weighted by atomic mass is 10.1. The molecular weight excluding hydrogens is 404 g/mol. The first kappa shape index (κ1) is 17.7. The summed E-state index contributed by atoms with van der Waals surface area (Å²) in [5.41, 5.74) is 2.75. The van der Waals surface area contributed by atoms with E-state index in [1.165, 1.54) is 30.5 Å². The maximum absolute atomic E-state index is 12.1. The van der Waals surface area contributed by atoms with Crippen molar-refractivity contribution in [1.29, 1.82) is 0 Å². The summed E-state index contributed by atoms with van der Waals surface area (Å²) in [4.78, 5) is 23.7. The topological polar surface area (TPSA) is 112 Å². The van der Waals surface area contributed by atoms with Crippen LogP contribution in [-0.4, -0.2) is 22.3 Å². The smallest absolute Gasteiger partial charge is 0.336 e. The Kier molecular flexibility index (Phi) is 4.77. The van der Waals surface area contributed by atoms with Crippen molar-refractivity contribution in [3.8, 4) is 11.5 Å². The molecule has 0 spiro atoms. The molecule has 0 saturated carbocycles. The first-order valence-electron chi connectivity index (χ1n) is 7.45. The number of hydrogen-bond acceptors (Lipinski definition) is 6. The van der Waals surface area contributed by atoms with E-state index in [2.05, 4.69) is 26.5 Å². The van der Waals surface area contributed by atoms with Gasteiger partial charge in [-0.2, -0.15) is 5.10 Å². The van der Waals surface area contributed by atoms with Crippen molar-refractivity contribution in [3.63, 3.8) is 0 Å². The SMILES string of the molecule is Cc1cc(=O)oc2c(/C=N/NC(=O)c3ccc(Br)cc3O)c(O)ccc12. The van der Waals surface area contributed by atoms with Gasteiger partial charge in [0.05, 0.1) is 17.3 Å². The highest BCUT2D eigenvalue weighted by atomic mass is 79.9. The number of aryl methyl sites for hydroxylation is 1. The summed E-state index contributed by atoms with van der Waals surface area (Å²) in [6, 6.07) is 8.83. The third kappa shape index (κ3) is 3.45. The van der Waals surface area contributed by atoms with Crippen LogP contribution in [0.3, 0.4) is 0 Å². The van der Waals surface area contributed by atoms with E-state index in [4.69, 9.17) is 4.42 Å². The Morgan fingerprint density at radius 2 is 1.96 bits per heavy atom. The first-order valence-corrected chi connectivity index (χ1v) is 8.24. The number of nitrogens with zero attached hydrogens (tertiary/aromatic N) is 1. The molecule has 1 aromatic heterocycles. The molecule has 132 valence electrons. The summed E-state index contributed by atoms with van der Waals surface area (Å²) >= 11 is 3.19. The molecule has 7 nitrogen and oxygen atoms in total. The Balaban J connectivity index is 1.92. The maximum Gasteiger partial charge on any atom is 0.336 e. The second-order valence-corrected chi connectivity index (χ2v) is 6.40. The molecule has 3 rings (SSSR count). The number of carbonyl (C=O) groups excluding carboxylic acids is 1. The molecule has 2 aromatic carbocycles. The number of benzene rings is 2. The fraction of sp³-hybridized carbons (Fsp3) is 0.0556. The number of phenolic OH excluding ortho intramolecular Hbond substituents is 2. The van der Waals surface area contributed by atoms with E-state index < -0.39 is 11.5 Å². The second-order valence-electron chi connectivity index (χ2n) is 5.48. The van der Waals surface area contributed by atoms with Gasteiger partial charge in [-0.15, -0.1) is 0 Å². The quantitative estimate of drug-likeness (QED) is 0.345. The van der Waals surface area contributed by atoms with Gasteiger partial charge in [0, 0.05) is 15.9 Å². The van der Waals surface area contributed by atoms with Crippen molar-refractivity contribution in [3.05, 3.63) is 68.0 Å². The van der Waals surface area contributed by atoms with Crippen LogP contribution in [0.15, 0.2) is 55.2 Å². The number of nitrogens with one attached hydrogen (secondary N) is 1. The predicted octanol–water partition coefficient (Wildman–Crippen LogP) is 3.04. The normalized spacial score (nSPS) is 11.2. The molecule has 0 saturated heterocycles. The van der Waals surface area contributed by atoms with E-state index in [9.17, 15) is 19.8 Å². The average Bonchev–Trinajstić information content (AvgIpc) is 2.56. The van der Waals surface area contributed by atoms with Gasteiger partial charge in [0.15, 0.2) is 5.58 Å². The van der Waals surface area contributed by atoms with Gasteiger partial charge >= 0.3 is 5.63 Å². The van der Waals surface area contributed by atoms with Crippen LogP contribution >= 0.6 is 15.9 Å². The van der Waals surface area contributed by atoms with Gasteiger partial charge in [0.25, 0.3) is 5.91 Å². The van der Waals surface area contributed by atoms with E-state index in [1.54, 1.807) is 19.1 Å². The summed E-state index contributed by atoms with van der Waals surface area (Å²) in [6.45, 7) is 1.75. The highest BCUT2D eigenvalue weighted by molar-refractivity contribution is 9.10. The van der Waals surface area contributed by atoms with Crippen molar-refractivity contribution >= 4 is 39.0 Å². The first-order chi connectivity index (χ1) is 12.4. The standard InChI is InChI=1S/C18H13BrN2O5/c1-9-6-16(24)26-17-11(9)4-5-14(22)13(17)8-20-21-18(25)12-3-2-10(19)7-15(12)23/h2-8,22-23H,1H3,(H,21,25)/b20-8+. The van der Waals surface area contributed by atoms with Gasteiger partial charge in [0.2, 0.25) is 0 Å². The predicted molar refractivity (Wildman–Crippen MR) is 99.8 cm³/mol. The molecule has 0 aliphatic carbocycles. The fourth-order valence-electron chi connectivity index (χ4n) is 2.43. The van der Waals surface area contributed by atoms with Crippen LogP contribution < -0.4 is 11.1 Å². The third-order valence-corrected chi connectivity index (χ3v) is 4.19. The van der Waals surface area contributed by atoms with Gasteiger partial charge < -0.3 is 14.6 Å². The Bertz CT molecular complexity index is 1100. The van der Waals surface area contributed by atoms with E-state index >= 15 is 0 Å². The molecule has 0 unspecified atom stereocenters. The maximum atomic E-state index is 12.1. The molecule has 1 amide bonds. The molecular formula is C18H13BrN2O5. The van der Waals surface area contributed by atoms with Gasteiger partial charge in [0.1, 0.15) is 11.5 Å². The third-order valence-electron chi connectivity index (χ3n) is 3.70. The van der Waals surface area contributed by atoms with Crippen LogP contribution in [0.25, 0.3) is 11.0 Å². The molecule has 0 radical (unpaired) electrons. The lowest BCUT2D eigenvalue weighted by Gasteiger charge is -2.06. The monoisotopic (exact) mass is 416 g/mol. The zero-order valence-electron chi connectivity index (χ0n) is 13.5. The van der Waals surface area contributed by atoms with Gasteiger partial charge in [-0.3, -0.25) is 4.79 Å². The summed E-state index contributed by atoms with van der Waals surface area (Å²) in [6.07, 6.45) is 1.17. The molecule has 0 atom stereocenters. The van der Waals surface area contributed by atoms with Crippen molar-refractivity contribution < 1.29 is 19.4 Å².